The van der Waals surface area contributed by atoms with Crippen LogP contribution in [0.1, 0.15) is 19.4 Å². The standard InChI is InChI=1S/C10H13NO2/c1-10(2,13)9(12)7-8-3-5-11-6-4-8/h3-6,13H,7H2,1-2H3. The van der Waals surface area contributed by atoms with Gasteiger partial charge in [-0.05, 0) is 31.5 Å². The molecule has 0 fully saturated rings. The summed E-state index contributed by atoms with van der Waals surface area (Å²) in [5, 5.41) is 9.38. The van der Waals surface area contributed by atoms with E-state index in [4.69, 9.17) is 0 Å². The number of pyridine rings is 1. The van der Waals surface area contributed by atoms with Crippen molar-refractivity contribution in [1.82, 2.24) is 4.98 Å². The molecule has 0 aromatic carbocycles. The summed E-state index contributed by atoms with van der Waals surface area (Å²) in [4.78, 5) is 15.2. The van der Waals surface area contributed by atoms with Crippen molar-refractivity contribution in [3.8, 4) is 0 Å². The second-order valence-electron chi connectivity index (χ2n) is 3.51. The maximum atomic E-state index is 11.4. The van der Waals surface area contributed by atoms with Crippen LogP contribution in [0.5, 0.6) is 0 Å². The van der Waals surface area contributed by atoms with Gasteiger partial charge in [-0.3, -0.25) is 9.78 Å². The number of aromatic nitrogens is 1. The number of aliphatic hydroxyl groups is 1. The van der Waals surface area contributed by atoms with Crippen LogP contribution in [0.4, 0.5) is 0 Å². The van der Waals surface area contributed by atoms with Gasteiger partial charge in [0.05, 0.1) is 0 Å². The van der Waals surface area contributed by atoms with Gasteiger partial charge in [0.1, 0.15) is 5.60 Å². The van der Waals surface area contributed by atoms with E-state index < -0.39 is 5.60 Å². The summed E-state index contributed by atoms with van der Waals surface area (Å²) in [6.07, 6.45) is 3.52. The molecule has 1 rings (SSSR count). The topological polar surface area (TPSA) is 50.2 Å². The lowest BCUT2D eigenvalue weighted by Crippen LogP contribution is -2.32. The molecule has 0 aliphatic carbocycles. The van der Waals surface area contributed by atoms with Gasteiger partial charge in [0.2, 0.25) is 0 Å². The second-order valence-corrected chi connectivity index (χ2v) is 3.51. The maximum Gasteiger partial charge on any atom is 0.168 e. The highest BCUT2D eigenvalue weighted by molar-refractivity contribution is 5.88. The van der Waals surface area contributed by atoms with Crippen molar-refractivity contribution in [2.45, 2.75) is 25.9 Å². The van der Waals surface area contributed by atoms with Gasteiger partial charge in [0.25, 0.3) is 0 Å². The van der Waals surface area contributed by atoms with Crippen LogP contribution in [0.25, 0.3) is 0 Å². The van der Waals surface area contributed by atoms with E-state index in [0.29, 0.717) is 0 Å². The van der Waals surface area contributed by atoms with Gasteiger partial charge in [-0.25, -0.2) is 0 Å². The Balaban J connectivity index is 2.66. The first-order valence-electron chi connectivity index (χ1n) is 4.15. The third kappa shape index (κ3) is 2.95. The predicted molar refractivity (Wildman–Crippen MR) is 49.2 cm³/mol. The Bertz CT molecular complexity index is 288. The van der Waals surface area contributed by atoms with Crippen molar-refractivity contribution >= 4 is 5.78 Å². The van der Waals surface area contributed by atoms with Crippen LogP contribution in [0.3, 0.4) is 0 Å². The van der Waals surface area contributed by atoms with E-state index in [1.165, 1.54) is 13.8 Å². The van der Waals surface area contributed by atoms with Gasteiger partial charge >= 0.3 is 0 Å². The molecule has 1 aromatic heterocycles. The van der Waals surface area contributed by atoms with E-state index in [1.54, 1.807) is 24.5 Å². The third-order valence-electron chi connectivity index (χ3n) is 1.80. The minimum atomic E-state index is -1.25. The monoisotopic (exact) mass is 179 g/mol. The van der Waals surface area contributed by atoms with Crippen molar-refractivity contribution in [2.75, 3.05) is 0 Å². The van der Waals surface area contributed by atoms with E-state index in [1.807, 2.05) is 0 Å². The number of carbonyl (C=O) groups excluding carboxylic acids is 1. The molecule has 0 unspecified atom stereocenters. The van der Waals surface area contributed by atoms with Gasteiger partial charge in [-0.2, -0.15) is 0 Å². The number of carbonyl (C=O) groups is 1. The van der Waals surface area contributed by atoms with Crippen LogP contribution >= 0.6 is 0 Å². The second kappa shape index (κ2) is 3.66. The summed E-state index contributed by atoms with van der Waals surface area (Å²) in [7, 11) is 0. The molecule has 0 amide bonds. The molecule has 0 aliphatic heterocycles. The zero-order valence-corrected chi connectivity index (χ0v) is 7.82. The van der Waals surface area contributed by atoms with Crippen molar-refractivity contribution in [3.05, 3.63) is 30.1 Å². The highest BCUT2D eigenvalue weighted by Gasteiger charge is 2.23. The average Bonchev–Trinajstić information content (AvgIpc) is 2.04. The largest absolute Gasteiger partial charge is 0.383 e. The number of hydrogen-bond acceptors (Lipinski definition) is 3. The van der Waals surface area contributed by atoms with Crippen LogP contribution in [0, 0.1) is 0 Å². The molecule has 13 heavy (non-hydrogen) atoms. The minimum absolute atomic E-state index is 0.182. The van der Waals surface area contributed by atoms with Crippen molar-refractivity contribution < 1.29 is 9.90 Å². The van der Waals surface area contributed by atoms with Gasteiger partial charge in [-0.1, -0.05) is 0 Å². The molecular formula is C10H13NO2. The van der Waals surface area contributed by atoms with Crippen LogP contribution in [0.2, 0.25) is 0 Å². The van der Waals surface area contributed by atoms with Crippen LogP contribution in [-0.4, -0.2) is 21.5 Å². The first-order valence-corrected chi connectivity index (χ1v) is 4.15. The van der Waals surface area contributed by atoms with Gasteiger partial charge in [0.15, 0.2) is 5.78 Å². The number of rotatable bonds is 3. The average molecular weight is 179 g/mol. The van der Waals surface area contributed by atoms with Gasteiger partial charge in [0, 0.05) is 18.8 Å². The molecule has 0 radical (unpaired) electrons. The minimum Gasteiger partial charge on any atom is -0.383 e. The summed E-state index contributed by atoms with van der Waals surface area (Å²) in [5.74, 6) is -0.182. The molecular weight excluding hydrogens is 166 g/mol. The Morgan fingerprint density at radius 2 is 2.00 bits per heavy atom. The van der Waals surface area contributed by atoms with Gasteiger partial charge in [-0.15, -0.1) is 0 Å². The molecule has 0 saturated carbocycles. The lowest BCUT2D eigenvalue weighted by molar-refractivity contribution is -0.133. The molecule has 3 heteroatoms. The van der Waals surface area contributed by atoms with E-state index in [-0.39, 0.29) is 12.2 Å². The van der Waals surface area contributed by atoms with E-state index >= 15 is 0 Å². The first kappa shape index (κ1) is 9.86. The summed E-state index contributed by atoms with van der Waals surface area (Å²) in [6, 6.07) is 3.54. The summed E-state index contributed by atoms with van der Waals surface area (Å²) < 4.78 is 0. The van der Waals surface area contributed by atoms with Crippen molar-refractivity contribution in [2.24, 2.45) is 0 Å². The van der Waals surface area contributed by atoms with Crippen LogP contribution in [-0.2, 0) is 11.2 Å². The Labute approximate surface area is 77.4 Å². The predicted octanol–water partition coefficient (Wildman–Crippen LogP) is 0.964. The molecule has 0 aliphatic rings. The zero-order chi connectivity index (χ0) is 9.90. The fourth-order valence-electron chi connectivity index (χ4n) is 0.902. The zero-order valence-electron chi connectivity index (χ0n) is 7.82. The summed E-state index contributed by atoms with van der Waals surface area (Å²) in [6.45, 7) is 2.99. The molecule has 0 saturated heterocycles. The van der Waals surface area contributed by atoms with E-state index in [9.17, 15) is 9.90 Å². The van der Waals surface area contributed by atoms with Crippen LogP contribution < -0.4 is 0 Å². The molecule has 0 spiro atoms. The van der Waals surface area contributed by atoms with Crippen LogP contribution in [0.15, 0.2) is 24.5 Å². The molecule has 70 valence electrons. The Morgan fingerprint density at radius 3 is 2.46 bits per heavy atom. The fraction of sp³-hybridized carbons (Fsp3) is 0.400. The summed E-state index contributed by atoms with van der Waals surface area (Å²) in [5.41, 5.74) is -0.370. The fourth-order valence-corrected chi connectivity index (χ4v) is 0.902. The highest BCUT2D eigenvalue weighted by Crippen LogP contribution is 2.08. The molecule has 3 nitrogen and oxygen atoms in total. The molecule has 1 heterocycles. The summed E-state index contributed by atoms with van der Waals surface area (Å²) >= 11 is 0. The molecule has 0 bridgehead atoms. The number of hydrogen-bond donors (Lipinski definition) is 1. The SMILES string of the molecule is CC(C)(O)C(=O)Cc1ccncc1. The van der Waals surface area contributed by atoms with Gasteiger partial charge < -0.3 is 5.11 Å². The molecule has 1 aromatic rings. The third-order valence-corrected chi connectivity index (χ3v) is 1.80. The lowest BCUT2D eigenvalue weighted by atomic mass is 9.98. The quantitative estimate of drug-likeness (QED) is 0.752. The van der Waals surface area contributed by atoms with E-state index in [0.717, 1.165) is 5.56 Å². The van der Waals surface area contributed by atoms with E-state index in [2.05, 4.69) is 4.98 Å². The Hall–Kier alpha value is -1.22. The Kier molecular flexibility index (Phi) is 2.78. The highest BCUT2D eigenvalue weighted by atomic mass is 16.3. The Morgan fingerprint density at radius 1 is 1.46 bits per heavy atom. The smallest absolute Gasteiger partial charge is 0.168 e. The number of ketones is 1. The normalized spacial score (nSPS) is 11.3. The number of Topliss-reactive ketones (excluding diaryl/α,β-unsaturated/α-hetero) is 1. The first-order chi connectivity index (χ1) is 6.00. The number of nitrogens with zero attached hydrogens (tertiary/aromatic N) is 1. The lowest BCUT2D eigenvalue weighted by Gasteiger charge is -2.14. The maximum absolute atomic E-state index is 11.4. The van der Waals surface area contributed by atoms with Crippen molar-refractivity contribution in [3.63, 3.8) is 0 Å². The molecule has 0 atom stereocenters. The van der Waals surface area contributed by atoms with Crippen molar-refractivity contribution in [1.29, 1.82) is 0 Å². The molecule has 1 N–H and O–H groups in total.